The third-order valence-corrected chi connectivity index (χ3v) is 4.26. The fourth-order valence-corrected chi connectivity index (χ4v) is 2.85. The van der Waals surface area contributed by atoms with Crippen molar-refractivity contribution in [1.82, 2.24) is 20.2 Å². The molecule has 0 aliphatic carbocycles. The van der Waals surface area contributed by atoms with E-state index in [-0.39, 0.29) is 6.04 Å². The minimum atomic E-state index is 0.0283. The van der Waals surface area contributed by atoms with Gasteiger partial charge in [0.1, 0.15) is 23.9 Å². The molecule has 3 rings (SSSR count). The van der Waals surface area contributed by atoms with Crippen molar-refractivity contribution < 1.29 is 4.42 Å². The molecule has 142 valence electrons. The molecule has 1 atom stereocenters. The number of aryl methyl sites for hydroxylation is 1. The summed E-state index contributed by atoms with van der Waals surface area (Å²) < 4.78 is 7.83. The molecule has 0 saturated carbocycles. The topological polar surface area (TPSA) is 67.4 Å². The molecule has 27 heavy (non-hydrogen) atoms. The van der Waals surface area contributed by atoms with E-state index in [1.165, 1.54) is 5.56 Å². The highest BCUT2D eigenvalue weighted by Gasteiger charge is 2.11. The molecule has 0 fully saturated rings. The number of hydrogen-bond acceptors (Lipinski definition) is 3. The molecule has 2 heterocycles. The molecule has 0 saturated heterocycles. The molecule has 1 unspecified atom stereocenters. The summed E-state index contributed by atoms with van der Waals surface area (Å²) in [5.74, 6) is 3.47. The molecule has 0 aliphatic heterocycles. The van der Waals surface area contributed by atoms with Gasteiger partial charge in [0.15, 0.2) is 5.96 Å². The van der Waals surface area contributed by atoms with Crippen molar-refractivity contribution in [3.63, 3.8) is 0 Å². The van der Waals surface area contributed by atoms with Crippen LogP contribution < -0.4 is 10.6 Å². The molecule has 1 aromatic carbocycles. The Hall–Kier alpha value is -3.02. The van der Waals surface area contributed by atoms with Gasteiger partial charge in [-0.15, -0.1) is 0 Å². The van der Waals surface area contributed by atoms with Crippen LogP contribution in [0.2, 0.25) is 0 Å². The van der Waals surface area contributed by atoms with Gasteiger partial charge in [-0.2, -0.15) is 0 Å². The van der Waals surface area contributed by atoms with Crippen LogP contribution in [0.3, 0.4) is 0 Å². The molecule has 2 N–H and O–H groups in total. The molecule has 6 nitrogen and oxygen atoms in total. The van der Waals surface area contributed by atoms with Crippen molar-refractivity contribution in [3.8, 4) is 0 Å². The Morgan fingerprint density at radius 1 is 1.22 bits per heavy atom. The number of nitrogens with zero attached hydrogens (tertiary/aromatic N) is 3. The van der Waals surface area contributed by atoms with E-state index in [0.717, 1.165) is 36.4 Å². The van der Waals surface area contributed by atoms with Crippen LogP contribution in [0.25, 0.3) is 0 Å². The van der Waals surface area contributed by atoms with E-state index in [1.54, 1.807) is 0 Å². The van der Waals surface area contributed by atoms with Crippen LogP contribution in [0, 0.1) is 6.92 Å². The number of furan rings is 1. The van der Waals surface area contributed by atoms with E-state index >= 15 is 0 Å². The minimum absolute atomic E-state index is 0.0283. The van der Waals surface area contributed by atoms with Crippen LogP contribution >= 0.6 is 0 Å². The largest absolute Gasteiger partial charge is 0.464 e. The SMILES string of the molecule is CCNC(=NCc1nccn1Cc1ccccc1)NC(C)c1ccc(C)o1. The lowest BCUT2D eigenvalue weighted by Crippen LogP contribution is -2.38. The third-order valence-electron chi connectivity index (χ3n) is 4.26. The number of rotatable bonds is 7. The normalized spacial score (nSPS) is 12.8. The summed E-state index contributed by atoms with van der Waals surface area (Å²) in [6.07, 6.45) is 3.81. The maximum absolute atomic E-state index is 5.70. The molecule has 0 amide bonds. The number of imidazole rings is 1. The molecule has 2 aromatic heterocycles. The maximum Gasteiger partial charge on any atom is 0.192 e. The van der Waals surface area contributed by atoms with E-state index in [0.29, 0.717) is 6.54 Å². The van der Waals surface area contributed by atoms with Gasteiger partial charge in [-0.05, 0) is 38.5 Å². The first kappa shape index (κ1) is 18.8. The molecule has 6 heteroatoms. The van der Waals surface area contributed by atoms with Crippen LogP contribution in [-0.2, 0) is 13.1 Å². The van der Waals surface area contributed by atoms with Crippen LogP contribution in [-0.4, -0.2) is 22.1 Å². The van der Waals surface area contributed by atoms with Crippen molar-refractivity contribution in [2.75, 3.05) is 6.54 Å². The van der Waals surface area contributed by atoms with Crippen molar-refractivity contribution in [1.29, 1.82) is 0 Å². The first-order valence-corrected chi connectivity index (χ1v) is 9.31. The summed E-state index contributed by atoms with van der Waals surface area (Å²) in [6, 6.07) is 14.3. The number of hydrogen-bond donors (Lipinski definition) is 2. The predicted octanol–water partition coefficient (Wildman–Crippen LogP) is 3.65. The number of guanidine groups is 1. The molecule has 3 aromatic rings. The first-order chi connectivity index (χ1) is 13.2. The Bertz CT molecular complexity index is 866. The van der Waals surface area contributed by atoms with Crippen LogP contribution in [0.15, 0.2) is 64.3 Å². The Balaban J connectivity index is 1.67. The second-order valence-electron chi connectivity index (χ2n) is 6.47. The van der Waals surface area contributed by atoms with E-state index in [2.05, 4.69) is 58.3 Å². The number of aliphatic imine (C=N–C) groups is 1. The van der Waals surface area contributed by atoms with Gasteiger partial charge in [0, 0.05) is 25.5 Å². The highest BCUT2D eigenvalue weighted by atomic mass is 16.3. The first-order valence-electron chi connectivity index (χ1n) is 9.31. The Labute approximate surface area is 160 Å². The molecule has 0 spiro atoms. The lowest BCUT2D eigenvalue weighted by atomic mass is 10.2. The molecule has 0 aliphatic rings. The lowest BCUT2D eigenvalue weighted by molar-refractivity contribution is 0.441. The molecular formula is C21H27N5O. The van der Waals surface area contributed by atoms with Gasteiger partial charge >= 0.3 is 0 Å². The van der Waals surface area contributed by atoms with Gasteiger partial charge < -0.3 is 19.6 Å². The summed E-state index contributed by atoms with van der Waals surface area (Å²) in [5.41, 5.74) is 1.24. The highest BCUT2D eigenvalue weighted by Crippen LogP contribution is 2.15. The Morgan fingerprint density at radius 2 is 2.04 bits per heavy atom. The predicted molar refractivity (Wildman–Crippen MR) is 108 cm³/mol. The van der Waals surface area contributed by atoms with E-state index in [1.807, 2.05) is 37.5 Å². The minimum Gasteiger partial charge on any atom is -0.464 e. The van der Waals surface area contributed by atoms with E-state index in [4.69, 9.17) is 9.41 Å². The second-order valence-corrected chi connectivity index (χ2v) is 6.47. The van der Waals surface area contributed by atoms with Crippen LogP contribution in [0.1, 0.15) is 42.8 Å². The molecule has 0 radical (unpaired) electrons. The van der Waals surface area contributed by atoms with E-state index in [9.17, 15) is 0 Å². The highest BCUT2D eigenvalue weighted by molar-refractivity contribution is 5.80. The number of nitrogens with one attached hydrogen (secondary N) is 2. The van der Waals surface area contributed by atoms with Gasteiger partial charge in [-0.1, -0.05) is 30.3 Å². The number of benzene rings is 1. The van der Waals surface area contributed by atoms with Gasteiger partial charge in [0.2, 0.25) is 0 Å². The zero-order valence-corrected chi connectivity index (χ0v) is 16.1. The zero-order chi connectivity index (χ0) is 19.1. The lowest BCUT2D eigenvalue weighted by Gasteiger charge is -2.16. The third kappa shape index (κ3) is 5.23. The maximum atomic E-state index is 5.70. The summed E-state index contributed by atoms with van der Waals surface area (Å²) in [5, 5.41) is 6.67. The Kier molecular flexibility index (Phi) is 6.30. The van der Waals surface area contributed by atoms with Crippen LogP contribution in [0.4, 0.5) is 0 Å². The van der Waals surface area contributed by atoms with Crippen LogP contribution in [0.5, 0.6) is 0 Å². The van der Waals surface area contributed by atoms with Gasteiger partial charge in [0.25, 0.3) is 0 Å². The zero-order valence-electron chi connectivity index (χ0n) is 16.1. The number of aromatic nitrogens is 2. The smallest absolute Gasteiger partial charge is 0.192 e. The summed E-state index contributed by atoms with van der Waals surface area (Å²) in [7, 11) is 0. The quantitative estimate of drug-likeness (QED) is 0.495. The summed E-state index contributed by atoms with van der Waals surface area (Å²) in [6.45, 7) is 8.13. The van der Waals surface area contributed by atoms with Crippen molar-refractivity contribution in [2.45, 2.75) is 39.9 Å². The van der Waals surface area contributed by atoms with E-state index < -0.39 is 0 Å². The average Bonchev–Trinajstić information content (AvgIpc) is 3.29. The fourth-order valence-electron chi connectivity index (χ4n) is 2.85. The molecule has 0 bridgehead atoms. The van der Waals surface area contributed by atoms with Gasteiger partial charge in [-0.3, -0.25) is 0 Å². The Morgan fingerprint density at radius 3 is 2.74 bits per heavy atom. The second kappa shape index (κ2) is 9.07. The molecular weight excluding hydrogens is 338 g/mol. The van der Waals surface area contributed by atoms with Crippen molar-refractivity contribution in [2.24, 2.45) is 4.99 Å². The van der Waals surface area contributed by atoms with Crippen molar-refractivity contribution >= 4 is 5.96 Å². The monoisotopic (exact) mass is 365 g/mol. The summed E-state index contributed by atoms with van der Waals surface area (Å²) >= 11 is 0. The summed E-state index contributed by atoms with van der Waals surface area (Å²) in [4.78, 5) is 9.17. The van der Waals surface area contributed by atoms with Gasteiger partial charge in [0.05, 0.1) is 6.04 Å². The fraction of sp³-hybridized carbons (Fsp3) is 0.333. The average molecular weight is 365 g/mol. The van der Waals surface area contributed by atoms with Crippen molar-refractivity contribution in [3.05, 3.63) is 77.8 Å². The van der Waals surface area contributed by atoms with Gasteiger partial charge in [-0.25, -0.2) is 9.98 Å². The standard InChI is InChI=1S/C21H27N5O/c1-4-22-21(25-17(3)19-11-10-16(2)27-19)24-14-20-23-12-13-26(20)15-18-8-6-5-7-9-18/h5-13,17H,4,14-15H2,1-3H3,(H2,22,24,25).